The molecular formula is C31H45ClN8O5. The summed E-state index contributed by atoms with van der Waals surface area (Å²) in [6, 6.07) is 10.1. The Labute approximate surface area is 270 Å². The van der Waals surface area contributed by atoms with E-state index >= 15 is 0 Å². The first-order valence-electron chi connectivity index (χ1n) is 15.2. The van der Waals surface area contributed by atoms with E-state index in [2.05, 4.69) is 46.9 Å². The molecule has 0 radical (unpaired) electrons. The second-order valence-corrected chi connectivity index (χ2v) is 11.0. The van der Waals surface area contributed by atoms with Crippen molar-refractivity contribution in [3.8, 4) is 29.3 Å². The molecule has 3 N–H and O–H groups in total. The number of benzene rings is 1. The molecule has 45 heavy (non-hydrogen) atoms. The summed E-state index contributed by atoms with van der Waals surface area (Å²) in [6.07, 6.45) is 4.16. The van der Waals surface area contributed by atoms with Crippen LogP contribution in [0.3, 0.4) is 0 Å². The van der Waals surface area contributed by atoms with E-state index in [1.165, 1.54) is 5.56 Å². The summed E-state index contributed by atoms with van der Waals surface area (Å²) in [5, 5.41) is 10.7. The first-order chi connectivity index (χ1) is 21.9. The molecule has 2 aliphatic rings. The lowest BCUT2D eigenvalue weighted by Gasteiger charge is -2.32. The van der Waals surface area contributed by atoms with E-state index in [4.69, 9.17) is 35.3 Å². The lowest BCUT2D eigenvalue weighted by atomic mass is 10.0. The van der Waals surface area contributed by atoms with Gasteiger partial charge in [0.25, 0.3) is 0 Å². The van der Waals surface area contributed by atoms with Gasteiger partial charge in [-0.2, -0.15) is 19.9 Å². The first kappa shape index (κ1) is 34.1. The Morgan fingerprint density at radius 2 is 1.24 bits per heavy atom. The van der Waals surface area contributed by atoms with Crippen molar-refractivity contribution in [3.05, 3.63) is 40.9 Å². The van der Waals surface area contributed by atoms with Crippen molar-refractivity contribution < 1.29 is 23.7 Å². The number of rotatable bonds is 12. The highest BCUT2D eigenvalue weighted by molar-refractivity contribution is 6.32. The van der Waals surface area contributed by atoms with Crippen molar-refractivity contribution in [1.29, 1.82) is 0 Å². The number of hydrogen-bond acceptors (Lipinski definition) is 13. The zero-order valence-electron chi connectivity index (χ0n) is 26.8. The van der Waals surface area contributed by atoms with Gasteiger partial charge < -0.3 is 39.6 Å². The molecule has 0 bridgehead atoms. The summed E-state index contributed by atoms with van der Waals surface area (Å²) in [5.74, 6) is 3.84. The van der Waals surface area contributed by atoms with Crippen molar-refractivity contribution in [2.45, 2.75) is 51.2 Å². The molecule has 246 valence electrons. The number of aromatic nitrogens is 4. The van der Waals surface area contributed by atoms with Crippen molar-refractivity contribution in [3.63, 3.8) is 0 Å². The number of methoxy groups -OCH3 is 4. The molecule has 3 aromatic rings. The van der Waals surface area contributed by atoms with Crippen LogP contribution in [-0.2, 0) is 6.54 Å². The van der Waals surface area contributed by atoms with Gasteiger partial charge in [-0.25, -0.2) is 0 Å². The molecule has 0 atom stereocenters. The average Bonchev–Trinajstić information content (AvgIpc) is 3.07. The molecule has 0 amide bonds. The van der Waals surface area contributed by atoms with Gasteiger partial charge in [0.15, 0.2) is 0 Å². The smallest absolute Gasteiger partial charge is 0.229 e. The Balaban J connectivity index is 0.000000231. The number of anilines is 2. The van der Waals surface area contributed by atoms with Crippen LogP contribution in [-0.4, -0.2) is 98.1 Å². The average molecular weight is 645 g/mol. The van der Waals surface area contributed by atoms with E-state index in [0.29, 0.717) is 59.1 Å². The number of hydrogen-bond donors (Lipinski definition) is 3. The van der Waals surface area contributed by atoms with Crippen LogP contribution in [0.25, 0.3) is 0 Å². The standard InChI is InChI=1S/C20H27ClN4O3.C11H18N4O2/c1-4-28-17-11-14(5-6-16(17)21)13-25-9-7-15(8-10-25)22-20-23-18(26-2)12-19(24-20)27-3;1-16-9-7-10(17-2)15-11(14-9)13-8-3-5-12-6-4-8/h5-6,11-12,15H,4,7-10,13H2,1-3H3,(H,22,23,24);7-8,12H,3-6H2,1-2H3,(H,13,14,15). The zero-order chi connectivity index (χ0) is 32.0. The van der Waals surface area contributed by atoms with E-state index in [1.54, 1.807) is 40.6 Å². The fourth-order valence-corrected chi connectivity index (χ4v) is 5.26. The third-order valence-corrected chi connectivity index (χ3v) is 7.80. The summed E-state index contributed by atoms with van der Waals surface area (Å²) in [7, 11) is 6.32. The number of halogens is 1. The highest BCUT2D eigenvalue weighted by Gasteiger charge is 2.21. The van der Waals surface area contributed by atoms with E-state index < -0.39 is 0 Å². The second-order valence-electron chi connectivity index (χ2n) is 10.6. The van der Waals surface area contributed by atoms with Gasteiger partial charge in [0, 0.05) is 31.7 Å². The number of piperidine rings is 2. The summed E-state index contributed by atoms with van der Waals surface area (Å²) in [5.41, 5.74) is 1.21. The van der Waals surface area contributed by atoms with Crippen LogP contribution in [0.2, 0.25) is 5.02 Å². The third kappa shape index (κ3) is 10.6. The monoisotopic (exact) mass is 644 g/mol. The lowest BCUT2D eigenvalue weighted by molar-refractivity contribution is 0.210. The van der Waals surface area contributed by atoms with Crippen LogP contribution in [0.1, 0.15) is 38.2 Å². The Morgan fingerprint density at radius 3 is 1.71 bits per heavy atom. The Kier molecular flexibility index (Phi) is 13.3. The van der Waals surface area contributed by atoms with Crippen LogP contribution < -0.4 is 39.6 Å². The molecule has 0 spiro atoms. The highest BCUT2D eigenvalue weighted by atomic mass is 35.5. The normalized spacial score (nSPS) is 15.8. The van der Waals surface area contributed by atoms with Crippen LogP contribution in [0.4, 0.5) is 11.9 Å². The molecule has 4 heterocycles. The largest absolute Gasteiger partial charge is 0.492 e. The summed E-state index contributed by atoms with van der Waals surface area (Å²) >= 11 is 6.18. The zero-order valence-corrected chi connectivity index (χ0v) is 27.5. The third-order valence-electron chi connectivity index (χ3n) is 7.49. The SMILES string of the molecule is CCOc1cc(CN2CCC(Nc3nc(OC)cc(OC)n3)CC2)ccc1Cl.COc1cc(OC)nc(NC2CCNCC2)n1. The molecule has 2 fully saturated rings. The maximum Gasteiger partial charge on any atom is 0.229 e. The summed E-state index contributed by atoms with van der Waals surface area (Å²) in [4.78, 5) is 19.6. The van der Waals surface area contributed by atoms with E-state index in [9.17, 15) is 0 Å². The van der Waals surface area contributed by atoms with E-state index in [1.807, 2.05) is 19.1 Å². The molecule has 1 aromatic carbocycles. The Hall–Kier alpha value is -3.81. The minimum Gasteiger partial charge on any atom is -0.492 e. The summed E-state index contributed by atoms with van der Waals surface area (Å²) < 4.78 is 26.2. The molecule has 2 aliphatic heterocycles. The lowest BCUT2D eigenvalue weighted by Crippen LogP contribution is -2.39. The molecule has 2 saturated heterocycles. The number of nitrogens with one attached hydrogen (secondary N) is 3. The highest BCUT2D eigenvalue weighted by Crippen LogP contribution is 2.27. The van der Waals surface area contributed by atoms with Gasteiger partial charge >= 0.3 is 0 Å². The van der Waals surface area contributed by atoms with Gasteiger partial charge in [-0.05, 0) is 63.4 Å². The molecule has 0 aliphatic carbocycles. The predicted molar refractivity (Wildman–Crippen MR) is 174 cm³/mol. The number of ether oxygens (including phenoxy) is 5. The van der Waals surface area contributed by atoms with Crippen molar-refractivity contribution in [1.82, 2.24) is 30.2 Å². The van der Waals surface area contributed by atoms with Gasteiger partial charge in [-0.3, -0.25) is 4.90 Å². The minimum absolute atomic E-state index is 0.317. The summed E-state index contributed by atoms with van der Waals surface area (Å²) in [6.45, 7) is 7.49. The first-order valence-corrected chi connectivity index (χ1v) is 15.6. The maximum absolute atomic E-state index is 6.18. The number of likely N-dealkylation sites (tertiary alicyclic amines) is 1. The molecule has 14 heteroatoms. The second kappa shape index (κ2) is 17.6. The van der Waals surface area contributed by atoms with Gasteiger partial charge in [0.05, 0.1) is 52.2 Å². The van der Waals surface area contributed by atoms with Crippen LogP contribution in [0.5, 0.6) is 29.3 Å². The van der Waals surface area contributed by atoms with Gasteiger partial charge in [-0.15, -0.1) is 0 Å². The molecule has 2 aromatic heterocycles. The van der Waals surface area contributed by atoms with Crippen molar-refractivity contribution in [2.75, 3.05) is 71.9 Å². The van der Waals surface area contributed by atoms with Gasteiger partial charge in [-0.1, -0.05) is 17.7 Å². The predicted octanol–water partition coefficient (Wildman–Crippen LogP) is 4.28. The van der Waals surface area contributed by atoms with Gasteiger partial charge in [0.2, 0.25) is 35.4 Å². The molecule has 0 saturated carbocycles. The van der Waals surface area contributed by atoms with Crippen molar-refractivity contribution in [2.24, 2.45) is 0 Å². The molecule has 13 nitrogen and oxygen atoms in total. The Morgan fingerprint density at radius 1 is 0.756 bits per heavy atom. The molecule has 0 unspecified atom stereocenters. The number of nitrogens with zero attached hydrogens (tertiary/aromatic N) is 5. The Bertz CT molecular complexity index is 1290. The molecular weight excluding hydrogens is 600 g/mol. The van der Waals surface area contributed by atoms with Crippen LogP contribution in [0, 0.1) is 0 Å². The maximum atomic E-state index is 6.18. The van der Waals surface area contributed by atoms with Crippen molar-refractivity contribution >= 4 is 23.5 Å². The quantitative estimate of drug-likeness (QED) is 0.259. The van der Waals surface area contributed by atoms with E-state index in [-0.39, 0.29) is 0 Å². The van der Waals surface area contributed by atoms with Gasteiger partial charge in [0.1, 0.15) is 5.75 Å². The minimum atomic E-state index is 0.317. The topological polar surface area (TPSA) is 137 Å². The fourth-order valence-electron chi connectivity index (χ4n) is 5.09. The molecule has 5 rings (SSSR count). The van der Waals surface area contributed by atoms with Crippen LogP contribution in [0.15, 0.2) is 30.3 Å². The van der Waals surface area contributed by atoms with Crippen LogP contribution >= 0.6 is 11.6 Å². The fraction of sp³-hybridized carbons (Fsp3) is 0.548. The van der Waals surface area contributed by atoms with E-state index in [0.717, 1.165) is 64.2 Å².